The smallest absolute Gasteiger partial charge is 0.268 e. The van der Waals surface area contributed by atoms with Gasteiger partial charge in [0.2, 0.25) is 0 Å². The molecule has 8 heavy (non-hydrogen) atoms. The fraction of sp³-hybridized carbons (Fsp3) is 0.250. The molecule has 4 heteroatoms. The first-order valence-electron chi connectivity index (χ1n) is 1.98. The summed E-state index contributed by atoms with van der Waals surface area (Å²) in [5.74, 6) is 0.477. The van der Waals surface area contributed by atoms with Crippen molar-refractivity contribution < 1.29 is 9.26 Å². The molecule has 3 nitrogen and oxygen atoms in total. The predicted molar refractivity (Wildman–Crippen MR) is 30.8 cm³/mol. The summed E-state index contributed by atoms with van der Waals surface area (Å²) in [6, 6.07) is 0. The van der Waals surface area contributed by atoms with E-state index in [9.17, 15) is 0 Å². The van der Waals surface area contributed by atoms with Crippen LogP contribution in [0.25, 0.3) is 0 Å². The van der Waals surface area contributed by atoms with Gasteiger partial charge >= 0.3 is 0 Å². The average Bonchev–Trinajstić information content (AvgIpc) is 2.14. The normalized spacial score (nSPS) is 9.25. The van der Waals surface area contributed by atoms with E-state index in [1.807, 2.05) is 0 Å². The Morgan fingerprint density at radius 1 is 1.88 bits per heavy atom. The summed E-state index contributed by atoms with van der Waals surface area (Å²) in [5.41, 5.74) is 0. The zero-order chi connectivity index (χ0) is 5.98. The molecule has 0 spiro atoms. The minimum absolute atomic E-state index is 0.477. The molecule has 44 valence electrons. The first kappa shape index (κ1) is 5.62. The third-order valence-corrected chi connectivity index (χ3v) is 1.22. The van der Waals surface area contributed by atoms with Crippen LogP contribution in [0.15, 0.2) is 15.3 Å². The maximum atomic E-state index is 4.73. The molecule has 0 atom stereocenters. The molecule has 1 heterocycles. The van der Waals surface area contributed by atoms with Gasteiger partial charge in [-0.15, -0.1) is 0 Å². The van der Waals surface area contributed by atoms with E-state index in [1.165, 1.54) is 13.4 Å². The molecule has 1 aromatic heterocycles. The van der Waals surface area contributed by atoms with E-state index in [0.29, 0.717) is 5.88 Å². The molecule has 0 aliphatic heterocycles. The summed E-state index contributed by atoms with van der Waals surface area (Å²) in [7, 11) is 1.53. The molecule has 0 saturated carbocycles. The molecule has 0 amide bonds. The van der Waals surface area contributed by atoms with Crippen molar-refractivity contribution in [1.82, 2.24) is 5.16 Å². The van der Waals surface area contributed by atoms with Gasteiger partial charge in [0.05, 0.1) is 7.11 Å². The topological polar surface area (TPSA) is 35.3 Å². The minimum atomic E-state index is 0.477. The van der Waals surface area contributed by atoms with E-state index >= 15 is 0 Å². The highest BCUT2D eigenvalue weighted by atomic mass is 79.9. The number of nitrogens with zero attached hydrogens (tertiary/aromatic N) is 1. The highest BCUT2D eigenvalue weighted by Gasteiger charge is 2.00. The van der Waals surface area contributed by atoms with Gasteiger partial charge in [0.25, 0.3) is 5.88 Å². The Bertz CT molecular complexity index is 174. The monoisotopic (exact) mass is 177 g/mol. The fourth-order valence-corrected chi connectivity index (χ4v) is 0.667. The van der Waals surface area contributed by atoms with E-state index in [0.717, 1.165) is 4.47 Å². The van der Waals surface area contributed by atoms with Crippen LogP contribution in [0.3, 0.4) is 0 Å². The second-order valence-electron chi connectivity index (χ2n) is 1.17. The summed E-state index contributed by atoms with van der Waals surface area (Å²) in [6.07, 6.45) is 1.46. The Labute approximate surface area is 54.7 Å². The van der Waals surface area contributed by atoms with Crippen LogP contribution in [0.1, 0.15) is 0 Å². The predicted octanol–water partition coefficient (Wildman–Crippen LogP) is 1.45. The van der Waals surface area contributed by atoms with E-state index < -0.39 is 0 Å². The zero-order valence-corrected chi connectivity index (χ0v) is 5.81. The van der Waals surface area contributed by atoms with Crippen LogP contribution in [-0.4, -0.2) is 12.3 Å². The first-order valence-corrected chi connectivity index (χ1v) is 2.77. The van der Waals surface area contributed by atoms with E-state index in [4.69, 9.17) is 4.74 Å². The van der Waals surface area contributed by atoms with Gasteiger partial charge in [0.15, 0.2) is 0 Å². The van der Waals surface area contributed by atoms with Crippen molar-refractivity contribution in [2.24, 2.45) is 0 Å². The minimum Gasteiger partial charge on any atom is -0.478 e. The molecular weight excluding hydrogens is 174 g/mol. The lowest BCUT2D eigenvalue weighted by Gasteiger charge is -1.86. The summed E-state index contributed by atoms with van der Waals surface area (Å²) in [5, 5.41) is 3.49. The molecule has 0 aromatic carbocycles. The molecule has 0 saturated heterocycles. The van der Waals surface area contributed by atoms with Gasteiger partial charge in [-0.25, -0.2) is 0 Å². The van der Waals surface area contributed by atoms with Gasteiger partial charge in [-0.3, -0.25) is 0 Å². The fourth-order valence-electron chi connectivity index (χ4n) is 0.349. The molecule has 0 aliphatic carbocycles. The number of hydrogen-bond acceptors (Lipinski definition) is 3. The lowest BCUT2D eigenvalue weighted by Crippen LogP contribution is -1.80. The lowest BCUT2D eigenvalue weighted by molar-refractivity contribution is 0.338. The van der Waals surface area contributed by atoms with Crippen LogP contribution in [0.2, 0.25) is 0 Å². The summed E-state index contributed by atoms with van der Waals surface area (Å²) in [6.45, 7) is 0. The Morgan fingerprint density at radius 3 is 2.88 bits per heavy atom. The van der Waals surface area contributed by atoms with Crippen LogP contribution in [0.4, 0.5) is 0 Å². The summed E-state index contributed by atoms with van der Waals surface area (Å²) >= 11 is 3.15. The van der Waals surface area contributed by atoms with Gasteiger partial charge in [-0.05, 0) is 21.1 Å². The first-order chi connectivity index (χ1) is 3.84. The molecule has 0 N–H and O–H groups in total. The molecular formula is C4H4BrNO2. The van der Waals surface area contributed by atoms with Crippen LogP contribution in [-0.2, 0) is 0 Å². The van der Waals surface area contributed by atoms with Crippen molar-refractivity contribution in [3.8, 4) is 5.88 Å². The van der Waals surface area contributed by atoms with Crippen LogP contribution < -0.4 is 4.74 Å². The van der Waals surface area contributed by atoms with E-state index in [2.05, 4.69) is 25.6 Å². The van der Waals surface area contributed by atoms with Crippen molar-refractivity contribution in [3.05, 3.63) is 10.7 Å². The Kier molecular flexibility index (Phi) is 1.53. The summed E-state index contributed by atoms with van der Waals surface area (Å²) < 4.78 is 9.98. The molecule has 0 aliphatic rings. The molecule has 0 unspecified atom stereocenters. The quantitative estimate of drug-likeness (QED) is 0.652. The number of ether oxygens (including phenoxy) is 1. The van der Waals surface area contributed by atoms with Crippen molar-refractivity contribution in [2.45, 2.75) is 0 Å². The molecule has 0 radical (unpaired) electrons. The van der Waals surface area contributed by atoms with Crippen molar-refractivity contribution >= 4 is 15.9 Å². The molecule has 1 aromatic rings. The van der Waals surface area contributed by atoms with Gasteiger partial charge in [0, 0.05) is 0 Å². The van der Waals surface area contributed by atoms with Gasteiger partial charge in [-0.1, -0.05) is 0 Å². The number of aromatic nitrogens is 1. The third-order valence-electron chi connectivity index (χ3n) is 0.689. The maximum Gasteiger partial charge on any atom is 0.268 e. The average molecular weight is 178 g/mol. The number of rotatable bonds is 1. The Morgan fingerprint density at radius 2 is 2.62 bits per heavy atom. The number of hydrogen-bond donors (Lipinski definition) is 0. The zero-order valence-electron chi connectivity index (χ0n) is 4.22. The largest absolute Gasteiger partial charge is 0.478 e. The molecule has 0 fully saturated rings. The SMILES string of the molecule is COc1nocc1Br. The maximum absolute atomic E-state index is 4.73. The van der Waals surface area contributed by atoms with E-state index in [-0.39, 0.29) is 0 Å². The molecule has 1 rings (SSSR count). The van der Waals surface area contributed by atoms with Gasteiger partial charge in [-0.2, -0.15) is 0 Å². The van der Waals surface area contributed by atoms with Gasteiger partial charge < -0.3 is 9.26 Å². The Hall–Kier alpha value is -0.510. The lowest BCUT2D eigenvalue weighted by atomic mass is 10.7. The highest BCUT2D eigenvalue weighted by molar-refractivity contribution is 9.10. The number of methoxy groups -OCH3 is 1. The number of halogens is 1. The van der Waals surface area contributed by atoms with Crippen molar-refractivity contribution in [2.75, 3.05) is 7.11 Å². The Balaban J connectivity index is 2.92. The van der Waals surface area contributed by atoms with E-state index in [1.54, 1.807) is 0 Å². The van der Waals surface area contributed by atoms with Gasteiger partial charge in [0.1, 0.15) is 10.7 Å². The molecule has 0 bridgehead atoms. The second kappa shape index (κ2) is 2.17. The van der Waals surface area contributed by atoms with Crippen LogP contribution in [0.5, 0.6) is 5.88 Å². The second-order valence-corrected chi connectivity index (χ2v) is 2.03. The summed E-state index contributed by atoms with van der Waals surface area (Å²) in [4.78, 5) is 0. The standard InChI is InChI=1S/C4H4BrNO2/c1-7-4-3(5)2-8-6-4/h2H,1H3. The van der Waals surface area contributed by atoms with Crippen molar-refractivity contribution in [1.29, 1.82) is 0 Å². The van der Waals surface area contributed by atoms with Crippen LogP contribution in [0, 0.1) is 0 Å². The third kappa shape index (κ3) is 0.838. The van der Waals surface area contributed by atoms with Crippen molar-refractivity contribution in [3.63, 3.8) is 0 Å². The highest BCUT2D eigenvalue weighted by Crippen LogP contribution is 2.20. The van der Waals surface area contributed by atoms with Crippen LogP contribution >= 0.6 is 15.9 Å².